The van der Waals surface area contributed by atoms with Crippen molar-refractivity contribution in [2.24, 2.45) is 7.05 Å². The first-order valence-corrected chi connectivity index (χ1v) is 5.59. The van der Waals surface area contributed by atoms with E-state index in [4.69, 9.17) is 0 Å². The largest absolute Gasteiger partial charge is 0.330 e. The van der Waals surface area contributed by atoms with Crippen molar-refractivity contribution in [3.8, 4) is 0 Å². The number of hydrogen-bond acceptors (Lipinski definition) is 2. The van der Waals surface area contributed by atoms with E-state index in [1.165, 1.54) is 18.9 Å². The van der Waals surface area contributed by atoms with Crippen LogP contribution in [0.4, 0.5) is 4.39 Å². The molecule has 3 nitrogen and oxygen atoms in total. The average molecular weight is 219 g/mol. The molecule has 0 spiro atoms. The molecule has 1 aliphatic carbocycles. The molecule has 0 aliphatic heterocycles. The summed E-state index contributed by atoms with van der Waals surface area (Å²) >= 11 is 0. The summed E-state index contributed by atoms with van der Waals surface area (Å²) in [5, 5.41) is 3.39. The SMILES string of the molecule is Cn1c(CNC2CC2)nc2c(F)cccc21. The smallest absolute Gasteiger partial charge is 0.151 e. The number of fused-ring (bicyclic) bond motifs is 1. The van der Waals surface area contributed by atoms with Crippen molar-refractivity contribution < 1.29 is 4.39 Å². The molecular weight excluding hydrogens is 205 g/mol. The van der Waals surface area contributed by atoms with Gasteiger partial charge in [-0.2, -0.15) is 0 Å². The van der Waals surface area contributed by atoms with Gasteiger partial charge in [0.15, 0.2) is 5.82 Å². The van der Waals surface area contributed by atoms with Gasteiger partial charge >= 0.3 is 0 Å². The maximum absolute atomic E-state index is 13.5. The summed E-state index contributed by atoms with van der Waals surface area (Å²) in [6, 6.07) is 5.71. The van der Waals surface area contributed by atoms with Gasteiger partial charge in [0.2, 0.25) is 0 Å². The van der Waals surface area contributed by atoms with Gasteiger partial charge in [0.25, 0.3) is 0 Å². The predicted octanol–water partition coefficient (Wildman–Crippen LogP) is 1.96. The number of para-hydroxylation sites is 1. The molecule has 1 aliphatic rings. The molecule has 0 saturated heterocycles. The topological polar surface area (TPSA) is 29.9 Å². The minimum absolute atomic E-state index is 0.245. The molecule has 1 aromatic carbocycles. The first-order valence-electron chi connectivity index (χ1n) is 5.59. The van der Waals surface area contributed by atoms with Gasteiger partial charge < -0.3 is 9.88 Å². The Morgan fingerprint density at radius 1 is 1.50 bits per heavy atom. The quantitative estimate of drug-likeness (QED) is 0.855. The Bertz CT molecular complexity index is 528. The third-order valence-electron chi connectivity index (χ3n) is 3.08. The van der Waals surface area contributed by atoms with Gasteiger partial charge in [-0.15, -0.1) is 0 Å². The summed E-state index contributed by atoms with van der Waals surface area (Å²) in [7, 11) is 1.93. The highest BCUT2D eigenvalue weighted by Crippen LogP contribution is 2.21. The van der Waals surface area contributed by atoms with Gasteiger partial charge in [-0.25, -0.2) is 9.37 Å². The van der Waals surface area contributed by atoms with E-state index in [-0.39, 0.29) is 5.82 Å². The second-order valence-corrected chi connectivity index (χ2v) is 4.35. The first kappa shape index (κ1) is 9.78. The van der Waals surface area contributed by atoms with E-state index >= 15 is 0 Å². The lowest BCUT2D eigenvalue weighted by Gasteiger charge is -2.02. The summed E-state index contributed by atoms with van der Waals surface area (Å²) in [6.45, 7) is 0.718. The molecular formula is C12H14FN3. The zero-order valence-corrected chi connectivity index (χ0v) is 9.20. The van der Waals surface area contributed by atoms with Crippen molar-refractivity contribution in [1.82, 2.24) is 14.9 Å². The second kappa shape index (κ2) is 3.56. The van der Waals surface area contributed by atoms with Gasteiger partial charge in [-0.3, -0.25) is 0 Å². The van der Waals surface area contributed by atoms with Crippen molar-refractivity contribution in [3.05, 3.63) is 29.8 Å². The number of aryl methyl sites for hydroxylation is 1. The van der Waals surface area contributed by atoms with Crippen LogP contribution in [0.2, 0.25) is 0 Å². The Labute approximate surface area is 93.3 Å². The summed E-state index contributed by atoms with van der Waals surface area (Å²) in [5.74, 6) is 0.651. The van der Waals surface area contributed by atoms with Crippen LogP contribution in [0.3, 0.4) is 0 Å². The summed E-state index contributed by atoms with van der Waals surface area (Å²) in [6.07, 6.45) is 2.50. The number of benzene rings is 1. The molecule has 1 saturated carbocycles. The van der Waals surface area contributed by atoms with Crippen LogP contribution in [0.25, 0.3) is 11.0 Å². The molecule has 0 amide bonds. The lowest BCUT2D eigenvalue weighted by Crippen LogP contribution is -2.18. The van der Waals surface area contributed by atoms with Gasteiger partial charge in [0.05, 0.1) is 12.1 Å². The van der Waals surface area contributed by atoms with Gasteiger partial charge in [-0.05, 0) is 25.0 Å². The molecule has 84 valence electrons. The highest BCUT2D eigenvalue weighted by Gasteiger charge is 2.21. The van der Waals surface area contributed by atoms with Crippen LogP contribution in [0.5, 0.6) is 0 Å². The molecule has 2 aromatic rings. The zero-order chi connectivity index (χ0) is 11.1. The minimum Gasteiger partial charge on any atom is -0.330 e. The van der Waals surface area contributed by atoms with Crippen LogP contribution in [0.1, 0.15) is 18.7 Å². The summed E-state index contributed by atoms with van der Waals surface area (Å²) in [5.41, 5.74) is 1.32. The van der Waals surface area contributed by atoms with Crippen LogP contribution >= 0.6 is 0 Å². The molecule has 16 heavy (non-hydrogen) atoms. The van der Waals surface area contributed by atoms with Crippen LogP contribution in [0, 0.1) is 5.82 Å². The van der Waals surface area contributed by atoms with Gasteiger partial charge in [-0.1, -0.05) is 6.07 Å². The number of nitrogens with one attached hydrogen (secondary N) is 1. The van der Waals surface area contributed by atoms with E-state index < -0.39 is 0 Å². The molecule has 1 heterocycles. The van der Waals surface area contributed by atoms with Crippen LogP contribution in [0.15, 0.2) is 18.2 Å². The third kappa shape index (κ3) is 1.59. The van der Waals surface area contributed by atoms with E-state index in [2.05, 4.69) is 10.3 Å². The molecule has 0 radical (unpaired) electrons. The van der Waals surface area contributed by atoms with Crippen molar-refractivity contribution in [2.75, 3.05) is 0 Å². The molecule has 1 fully saturated rings. The number of rotatable bonds is 3. The standard InChI is InChI=1S/C12H14FN3/c1-16-10-4-2-3-9(13)12(10)15-11(16)7-14-8-5-6-8/h2-4,8,14H,5-7H2,1H3. The monoisotopic (exact) mass is 219 g/mol. The maximum atomic E-state index is 13.5. The molecule has 0 unspecified atom stereocenters. The van der Waals surface area contributed by atoms with Gasteiger partial charge in [0, 0.05) is 13.1 Å². The first-order chi connectivity index (χ1) is 7.75. The molecule has 0 bridgehead atoms. The second-order valence-electron chi connectivity index (χ2n) is 4.35. The molecule has 1 aromatic heterocycles. The van der Waals surface area contributed by atoms with Crippen LogP contribution in [-0.2, 0) is 13.6 Å². The fourth-order valence-corrected chi connectivity index (χ4v) is 1.91. The van der Waals surface area contributed by atoms with E-state index in [1.54, 1.807) is 6.07 Å². The van der Waals surface area contributed by atoms with E-state index in [0.717, 1.165) is 17.9 Å². The van der Waals surface area contributed by atoms with Crippen molar-refractivity contribution in [3.63, 3.8) is 0 Å². The molecule has 3 rings (SSSR count). The maximum Gasteiger partial charge on any atom is 0.151 e. The fourth-order valence-electron chi connectivity index (χ4n) is 1.91. The number of hydrogen-bond donors (Lipinski definition) is 1. The Morgan fingerprint density at radius 3 is 3.00 bits per heavy atom. The van der Waals surface area contributed by atoms with E-state index in [9.17, 15) is 4.39 Å². The molecule has 1 N–H and O–H groups in total. The number of halogens is 1. The highest BCUT2D eigenvalue weighted by atomic mass is 19.1. The summed E-state index contributed by atoms with van der Waals surface area (Å²) < 4.78 is 15.4. The van der Waals surface area contributed by atoms with E-state index in [0.29, 0.717) is 11.6 Å². The lowest BCUT2D eigenvalue weighted by atomic mass is 10.3. The van der Waals surface area contributed by atoms with Gasteiger partial charge in [0.1, 0.15) is 11.3 Å². The van der Waals surface area contributed by atoms with Crippen molar-refractivity contribution in [2.45, 2.75) is 25.4 Å². The Kier molecular flexibility index (Phi) is 2.17. The predicted molar refractivity (Wildman–Crippen MR) is 60.5 cm³/mol. The zero-order valence-electron chi connectivity index (χ0n) is 9.20. The molecule has 0 atom stereocenters. The Morgan fingerprint density at radius 2 is 2.31 bits per heavy atom. The number of nitrogens with zero attached hydrogens (tertiary/aromatic N) is 2. The highest BCUT2D eigenvalue weighted by molar-refractivity contribution is 5.76. The Balaban J connectivity index is 1.97. The minimum atomic E-state index is -0.245. The Hall–Kier alpha value is -1.42. The molecule has 4 heteroatoms. The number of imidazole rings is 1. The van der Waals surface area contributed by atoms with Crippen molar-refractivity contribution in [1.29, 1.82) is 0 Å². The fraction of sp³-hybridized carbons (Fsp3) is 0.417. The summed E-state index contributed by atoms with van der Waals surface area (Å²) in [4.78, 5) is 4.34. The number of aromatic nitrogens is 2. The lowest BCUT2D eigenvalue weighted by molar-refractivity contribution is 0.631. The van der Waals surface area contributed by atoms with E-state index in [1.807, 2.05) is 17.7 Å². The van der Waals surface area contributed by atoms with Crippen LogP contribution in [-0.4, -0.2) is 15.6 Å². The normalized spacial score (nSPS) is 15.9. The van der Waals surface area contributed by atoms with Crippen LogP contribution < -0.4 is 5.32 Å². The third-order valence-corrected chi connectivity index (χ3v) is 3.08. The average Bonchev–Trinajstić information content (AvgIpc) is 3.04. The van der Waals surface area contributed by atoms with Crippen molar-refractivity contribution >= 4 is 11.0 Å².